The molecule has 154 valence electrons. The smallest absolute Gasteiger partial charge is 0.276 e. The maximum absolute atomic E-state index is 13.7. The number of benzene rings is 2. The van der Waals surface area contributed by atoms with Crippen molar-refractivity contribution in [2.75, 3.05) is 23.3 Å². The highest BCUT2D eigenvalue weighted by Gasteiger charge is 2.21. The zero-order valence-electron chi connectivity index (χ0n) is 16.4. The molecule has 0 saturated carbocycles. The summed E-state index contributed by atoms with van der Waals surface area (Å²) < 4.78 is 27.0. The van der Waals surface area contributed by atoms with Crippen LogP contribution in [0.1, 0.15) is 28.9 Å². The molecule has 1 aliphatic heterocycles. The Bertz CT molecular complexity index is 1000. The summed E-state index contributed by atoms with van der Waals surface area (Å²) in [6.07, 6.45) is 3.21. The van der Waals surface area contributed by atoms with Gasteiger partial charge in [0, 0.05) is 19.2 Å². The molecule has 0 spiro atoms. The number of hydrogen-bond donors (Lipinski definition) is 1. The molecule has 4 rings (SSSR count). The fourth-order valence-corrected chi connectivity index (χ4v) is 3.71. The van der Waals surface area contributed by atoms with E-state index in [2.05, 4.69) is 44.7 Å². The predicted molar refractivity (Wildman–Crippen MR) is 111 cm³/mol. The first-order valence-corrected chi connectivity index (χ1v) is 9.97. The lowest BCUT2D eigenvalue weighted by Crippen LogP contribution is -2.35. The lowest BCUT2D eigenvalue weighted by atomic mass is 9.90. The third kappa shape index (κ3) is 4.79. The normalized spacial score (nSPS) is 14.5. The van der Waals surface area contributed by atoms with Crippen molar-refractivity contribution in [3.63, 3.8) is 0 Å². The van der Waals surface area contributed by atoms with Gasteiger partial charge in [0.05, 0.1) is 5.69 Å². The molecule has 0 aliphatic carbocycles. The van der Waals surface area contributed by atoms with Gasteiger partial charge < -0.3 is 10.2 Å². The molecule has 1 saturated heterocycles. The van der Waals surface area contributed by atoms with Crippen molar-refractivity contribution in [2.45, 2.75) is 19.3 Å². The summed E-state index contributed by atoms with van der Waals surface area (Å²) in [6.45, 7) is 1.76. The average Bonchev–Trinajstić information content (AvgIpc) is 2.78. The van der Waals surface area contributed by atoms with E-state index in [0.29, 0.717) is 11.7 Å². The minimum Gasteiger partial charge on any atom is -0.355 e. The molecule has 30 heavy (non-hydrogen) atoms. The number of anilines is 2. The maximum Gasteiger partial charge on any atom is 0.276 e. The zero-order valence-corrected chi connectivity index (χ0v) is 16.4. The van der Waals surface area contributed by atoms with Gasteiger partial charge in [-0.1, -0.05) is 30.3 Å². The molecule has 0 unspecified atom stereocenters. The zero-order chi connectivity index (χ0) is 20.9. The Labute approximate surface area is 173 Å². The number of carbonyl (C=O) groups is 1. The largest absolute Gasteiger partial charge is 0.355 e. The third-order valence-electron chi connectivity index (χ3n) is 5.37. The fourth-order valence-electron chi connectivity index (χ4n) is 3.71. The van der Waals surface area contributed by atoms with Gasteiger partial charge in [0.1, 0.15) is 11.6 Å². The molecule has 1 aromatic heterocycles. The fraction of sp³-hybridized carbons (Fsp3) is 0.261. The van der Waals surface area contributed by atoms with Crippen LogP contribution in [0.2, 0.25) is 0 Å². The van der Waals surface area contributed by atoms with E-state index < -0.39 is 17.5 Å². The minimum atomic E-state index is -0.715. The van der Waals surface area contributed by atoms with Gasteiger partial charge in [-0.3, -0.25) is 4.79 Å². The third-order valence-corrected chi connectivity index (χ3v) is 5.37. The van der Waals surface area contributed by atoms with Gasteiger partial charge in [0.2, 0.25) is 0 Å². The quantitative estimate of drug-likeness (QED) is 0.677. The lowest BCUT2D eigenvalue weighted by molar-refractivity contribution is 0.102. The molecular weight excluding hydrogens is 386 g/mol. The van der Waals surface area contributed by atoms with E-state index in [0.717, 1.165) is 50.6 Å². The predicted octanol–water partition coefficient (Wildman–Crippen LogP) is 4.47. The van der Waals surface area contributed by atoms with Crippen LogP contribution in [0, 0.1) is 17.6 Å². The summed E-state index contributed by atoms with van der Waals surface area (Å²) in [5.74, 6) is -0.638. The van der Waals surface area contributed by atoms with Crippen LogP contribution in [0.5, 0.6) is 0 Å². The van der Waals surface area contributed by atoms with E-state index in [1.807, 2.05) is 6.07 Å². The number of rotatable bonds is 5. The van der Waals surface area contributed by atoms with Gasteiger partial charge in [0.15, 0.2) is 11.5 Å². The summed E-state index contributed by atoms with van der Waals surface area (Å²) in [7, 11) is 0. The van der Waals surface area contributed by atoms with Crippen LogP contribution in [0.4, 0.5) is 20.3 Å². The Hall–Kier alpha value is -3.35. The molecule has 1 N–H and O–H groups in total. The van der Waals surface area contributed by atoms with Crippen LogP contribution in [-0.2, 0) is 6.42 Å². The van der Waals surface area contributed by atoms with E-state index >= 15 is 0 Å². The van der Waals surface area contributed by atoms with Gasteiger partial charge in [-0.25, -0.2) is 8.78 Å². The van der Waals surface area contributed by atoms with Crippen LogP contribution < -0.4 is 10.2 Å². The second-order valence-electron chi connectivity index (χ2n) is 7.48. The molecule has 0 radical (unpaired) electrons. The molecule has 5 nitrogen and oxygen atoms in total. The van der Waals surface area contributed by atoms with E-state index in [1.54, 1.807) is 12.1 Å². The monoisotopic (exact) mass is 408 g/mol. The Kier molecular flexibility index (Phi) is 5.97. The van der Waals surface area contributed by atoms with Gasteiger partial charge >= 0.3 is 0 Å². The highest BCUT2D eigenvalue weighted by atomic mass is 19.1. The number of halogens is 2. The van der Waals surface area contributed by atoms with E-state index in [9.17, 15) is 13.6 Å². The first kappa shape index (κ1) is 19.9. The SMILES string of the molecule is O=C(Nc1cc(F)ccc1F)c1ccc(N2CCC(Cc3ccccc3)CC2)nn1. The average molecular weight is 408 g/mol. The van der Waals surface area contributed by atoms with Gasteiger partial charge in [-0.05, 0) is 55.0 Å². The highest BCUT2D eigenvalue weighted by Crippen LogP contribution is 2.24. The second-order valence-corrected chi connectivity index (χ2v) is 7.48. The number of carbonyl (C=O) groups excluding carboxylic acids is 1. The van der Waals surface area contributed by atoms with Crippen LogP contribution in [0.25, 0.3) is 0 Å². The topological polar surface area (TPSA) is 58.1 Å². The maximum atomic E-state index is 13.7. The summed E-state index contributed by atoms with van der Waals surface area (Å²) >= 11 is 0. The Balaban J connectivity index is 1.33. The standard InChI is InChI=1S/C23H22F2N4O/c24-18-6-7-19(25)21(15-18)26-23(30)20-8-9-22(28-27-20)29-12-10-17(11-13-29)14-16-4-2-1-3-5-16/h1-9,15,17H,10-14H2,(H,26,30). The number of amides is 1. The van der Waals surface area contributed by atoms with Crippen LogP contribution >= 0.6 is 0 Å². The highest BCUT2D eigenvalue weighted by molar-refractivity contribution is 6.02. The molecule has 2 aromatic carbocycles. The van der Waals surface area contributed by atoms with Gasteiger partial charge in [-0.15, -0.1) is 10.2 Å². The first-order valence-electron chi connectivity index (χ1n) is 9.97. The number of aromatic nitrogens is 2. The van der Waals surface area contributed by atoms with Crippen LogP contribution in [0.3, 0.4) is 0 Å². The first-order chi connectivity index (χ1) is 14.6. The number of nitrogens with zero attached hydrogens (tertiary/aromatic N) is 3. The number of hydrogen-bond acceptors (Lipinski definition) is 4. The van der Waals surface area contributed by atoms with Crippen LogP contribution in [-0.4, -0.2) is 29.2 Å². The van der Waals surface area contributed by atoms with E-state index in [4.69, 9.17) is 0 Å². The van der Waals surface area contributed by atoms with Crippen molar-refractivity contribution in [3.05, 3.63) is 83.6 Å². The lowest BCUT2D eigenvalue weighted by Gasteiger charge is -2.32. The molecule has 7 heteroatoms. The molecule has 0 atom stereocenters. The van der Waals surface area contributed by atoms with E-state index in [-0.39, 0.29) is 11.4 Å². The van der Waals surface area contributed by atoms with Crippen molar-refractivity contribution in [2.24, 2.45) is 5.92 Å². The number of piperidine rings is 1. The summed E-state index contributed by atoms with van der Waals surface area (Å²) in [4.78, 5) is 14.4. The van der Waals surface area contributed by atoms with Crippen LogP contribution in [0.15, 0.2) is 60.7 Å². The molecular formula is C23H22F2N4O. The molecule has 3 aromatic rings. The van der Waals surface area contributed by atoms with E-state index in [1.165, 1.54) is 5.56 Å². The van der Waals surface area contributed by atoms with Crippen molar-refractivity contribution in [1.82, 2.24) is 10.2 Å². The van der Waals surface area contributed by atoms with Crippen molar-refractivity contribution in [3.8, 4) is 0 Å². The Morgan fingerprint density at radius 3 is 2.47 bits per heavy atom. The summed E-state index contributed by atoms with van der Waals surface area (Å²) in [5.41, 5.74) is 1.17. The van der Waals surface area contributed by atoms with Gasteiger partial charge in [-0.2, -0.15) is 0 Å². The second kappa shape index (κ2) is 8.98. The van der Waals surface area contributed by atoms with Crippen molar-refractivity contribution >= 4 is 17.4 Å². The molecule has 0 bridgehead atoms. The van der Waals surface area contributed by atoms with Crippen molar-refractivity contribution in [1.29, 1.82) is 0 Å². The molecule has 1 amide bonds. The van der Waals surface area contributed by atoms with Crippen molar-refractivity contribution < 1.29 is 13.6 Å². The number of nitrogens with one attached hydrogen (secondary N) is 1. The van der Waals surface area contributed by atoms with Gasteiger partial charge in [0.25, 0.3) is 5.91 Å². The summed E-state index contributed by atoms with van der Waals surface area (Å²) in [5, 5.41) is 10.5. The minimum absolute atomic E-state index is 0.0429. The molecule has 1 aliphatic rings. The molecule has 1 fully saturated rings. The molecule has 2 heterocycles. The Morgan fingerprint density at radius 2 is 1.77 bits per heavy atom. The Morgan fingerprint density at radius 1 is 1.00 bits per heavy atom. The summed E-state index contributed by atoms with van der Waals surface area (Å²) in [6, 6.07) is 16.7.